The molecule has 34 heavy (non-hydrogen) atoms. The third-order valence-electron chi connectivity index (χ3n) is 5.08. The first-order chi connectivity index (χ1) is 16.4. The second kappa shape index (κ2) is 10.4. The lowest BCUT2D eigenvalue weighted by Crippen LogP contribution is -2.10. The summed E-state index contributed by atoms with van der Waals surface area (Å²) in [6.07, 6.45) is 3.22. The molecule has 7 nitrogen and oxygen atoms in total. The van der Waals surface area contributed by atoms with Crippen LogP contribution in [-0.2, 0) is 11.4 Å². The highest BCUT2D eigenvalue weighted by molar-refractivity contribution is 7.09. The first-order valence-corrected chi connectivity index (χ1v) is 11.8. The third kappa shape index (κ3) is 5.58. The van der Waals surface area contributed by atoms with Crippen LogP contribution in [0.4, 0.5) is 5.69 Å². The van der Waals surface area contributed by atoms with E-state index >= 15 is 0 Å². The summed E-state index contributed by atoms with van der Waals surface area (Å²) in [4.78, 5) is 21.7. The molecule has 0 aliphatic heterocycles. The minimum absolute atomic E-state index is 0.144. The molecule has 4 aromatic rings. The summed E-state index contributed by atoms with van der Waals surface area (Å²) in [7, 11) is 0. The number of para-hydroxylation sites is 2. The predicted octanol–water partition coefficient (Wildman–Crippen LogP) is 6.16. The van der Waals surface area contributed by atoms with E-state index in [-0.39, 0.29) is 11.8 Å². The average molecular weight is 475 g/mol. The normalized spacial score (nSPS) is 11.3. The number of amides is 1. The van der Waals surface area contributed by atoms with Crippen LogP contribution in [0.5, 0.6) is 5.75 Å². The molecule has 1 amide bonds. The van der Waals surface area contributed by atoms with Gasteiger partial charge in [-0.2, -0.15) is 4.98 Å². The first kappa shape index (κ1) is 23.4. The molecule has 2 aromatic carbocycles. The quantitative estimate of drug-likeness (QED) is 0.307. The standard InChI is InChI=1S/C26H26N4O3S/c1-16(2)25-29-26(33-30-25)21-10-7-8-17(3)24(21)28-23(31)13-12-19-9-5-6-11-22(19)32-14-20-15-34-18(4)27-20/h5-13,15-16H,14H2,1-4H3,(H,28,31)/b13-12+. The summed E-state index contributed by atoms with van der Waals surface area (Å²) in [5.74, 6) is 1.55. The topological polar surface area (TPSA) is 90.1 Å². The molecule has 4 rings (SSSR count). The van der Waals surface area contributed by atoms with Crippen molar-refractivity contribution >= 4 is 29.0 Å². The number of rotatable bonds is 8. The van der Waals surface area contributed by atoms with Crippen LogP contribution in [0.2, 0.25) is 0 Å². The van der Waals surface area contributed by atoms with Gasteiger partial charge in [0.1, 0.15) is 12.4 Å². The minimum Gasteiger partial charge on any atom is -0.487 e. The maximum absolute atomic E-state index is 12.8. The van der Waals surface area contributed by atoms with Crippen LogP contribution in [0, 0.1) is 13.8 Å². The van der Waals surface area contributed by atoms with Gasteiger partial charge in [-0.05, 0) is 37.6 Å². The summed E-state index contributed by atoms with van der Waals surface area (Å²) < 4.78 is 11.4. The van der Waals surface area contributed by atoms with Crippen molar-refractivity contribution in [2.75, 3.05) is 5.32 Å². The molecular formula is C26H26N4O3S. The van der Waals surface area contributed by atoms with Crippen molar-refractivity contribution < 1.29 is 14.1 Å². The first-order valence-electron chi connectivity index (χ1n) is 11.0. The zero-order valence-corrected chi connectivity index (χ0v) is 20.3. The number of nitrogens with one attached hydrogen (secondary N) is 1. The van der Waals surface area contributed by atoms with Gasteiger partial charge >= 0.3 is 0 Å². The molecule has 0 atom stereocenters. The number of nitrogens with zero attached hydrogens (tertiary/aromatic N) is 3. The molecule has 1 N–H and O–H groups in total. The minimum atomic E-state index is -0.274. The van der Waals surface area contributed by atoms with Gasteiger partial charge in [0.2, 0.25) is 5.91 Å². The summed E-state index contributed by atoms with van der Waals surface area (Å²) in [5, 5.41) is 9.98. The highest BCUT2D eigenvalue weighted by Gasteiger charge is 2.17. The SMILES string of the molecule is Cc1nc(COc2ccccc2/C=C/C(=O)Nc2c(C)cccc2-c2nc(C(C)C)no2)cs1. The number of ether oxygens (including phenoxy) is 1. The van der Waals surface area contributed by atoms with Gasteiger partial charge in [-0.1, -0.05) is 49.3 Å². The lowest BCUT2D eigenvalue weighted by Gasteiger charge is -2.11. The van der Waals surface area contributed by atoms with E-state index < -0.39 is 0 Å². The molecule has 0 saturated heterocycles. The Morgan fingerprint density at radius 3 is 2.71 bits per heavy atom. The number of benzene rings is 2. The maximum atomic E-state index is 12.8. The fourth-order valence-electron chi connectivity index (χ4n) is 3.30. The Hall–Kier alpha value is -3.78. The van der Waals surface area contributed by atoms with Gasteiger partial charge in [0.05, 0.1) is 22.0 Å². The summed E-state index contributed by atoms with van der Waals surface area (Å²) >= 11 is 1.59. The van der Waals surface area contributed by atoms with E-state index in [9.17, 15) is 4.79 Å². The van der Waals surface area contributed by atoms with Crippen molar-refractivity contribution in [1.82, 2.24) is 15.1 Å². The zero-order chi connectivity index (χ0) is 24.1. The van der Waals surface area contributed by atoms with Crippen LogP contribution < -0.4 is 10.1 Å². The van der Waals surface area contributed by atoms with Gasteiger partial charge in [0.25, 0.3) is 5.89 Å². The fourth-order valence-corrected chi connectivity index (χ4v) is 3.89. The van der Waals surface area contributed by atoms with Gasteiger partial charge in [0, 0.05) is 22.9 Å². The van der Waals surface area contributed by atoms with E-state index in [0.717, 1.165) is 21.8 Å². The molecule has 0 unspecified atom stereocenters. The Labute approximate surface area is 202 Å². The van der Waals surface area contributed by atoms with E-state index in [4.69, 9.17) is 9.26 Å². The largest absolute Gasteiger partial charge is 0.487 e. The van der Waals surface area contributed by atoms with Crippen LogP contribution in [-0.4, -0.2) is 21.0 Å². The third-order valence-corrected chi connectivity index (χ3v) is 5.91. The highest BCUT2D eigenvalue weighted by Crippen LogP contribution is 2.30. The summed E-state index contributed by atoms with van der Waals surface area (Å²) in [5.41, 5.74) is 3.90. The van der Waals surface area contributed by atoms with Crippen molar-refractivity contribution in [2.45, 2.75) is 40.2 Å². The molecule has 0 spiro atoms. The van der Waals surface area contributed by atoms with Gasteiger partial charge < -0.3 is 14.6 Å². The van der Waals surface area contributed by atoms with Gasteiger partial charge in [0.15, 0.2) is 5.82 Å². The number of thiazole rings is 1. The van der Waals surface area contributed by atoms with Crippen molar-refractivity contribution in [3.8, 4) is 17.2 Å². The van der Waals surface area contributed by atoms with Gasteiger partial charge in [-0.15, -0.1) is 11.3 Å². The molecule has 2 aromatic heterocycles. The second-order valence-corrected chi connectivity index (χ2v) is 9.18. The number of carbonyl (C=O) groups is 1. The molecule has 174 valence electrons. The molecular weight excluding hydrogens is 448 g/mol. The van der Waals surface area contributed by atoms with E-state index in [2.05, 4.69) is 20.4 Å². The van der Waals surface area contributed by atoms with Crippen LogP contribution in [0.15, 0.2) is 58.4 Å². The Kier molecular flexibility index (Phi) is 7.18. The average Bonchev–Trinajstić information content (AvgIpc) is 3.47. The molecule has 0 radical (unpaired) electrons. The van der Waals surface area contributed by atoms with E-state index in [1.165, 1.54) is 6.08 Å². The van der Waals surface area contributed by atoms with Crippen LogP contribution >= 0.6 is 11.3 Å². The number of anilines is 1. The smallest absolute Gasteiger partial charge is 0.260 e. The number of aromatic nitrogens is 3. The maximum Gasteiger partial charge on any atom is 0.260 e. The summed E-state index contributed by atoms with van der Waals surface area (Å²) in [6.45, 7) is 8.25. The zero-order valence-electron chi connectivity index (χ0n) is 19.5. The van der Waals surface area contributed by atoms with Crippen molar-refractivity contribution in [3.05, 3.63) is 81.6 Å². The Morgan fingerprint density at radius 1 is 1.15 bits per heavy atom. The van der Waals surface area contributed by atoms with Crippen LogP contribution in [0.25, 0.3) is 17.5 Å². The number of carbonyl (C=O) groups excluding carboxylic acids is 1. The van der Waals surface area contributed by atoms with Crippen molar-refractivity contribution in [1.29, 1.82) is 0 Å². The summed E-state index contributed by atoms with van der Waals surface area (Å²) in [6, 6.07) is 13.2. The monoisotopic (exact) mass is 474 g/mol. The molecule has 2 heterocycles. The van der Waals surface area contributed by atoms with E-state index in [1.807, 2.05) is 75.5 Å². The van der Waals surface area contributed by atoms with Crippen LogP contribution in [0.3, 0.4) is 0 Å². The Bertz CT molecular complexity index is 1320. The van der Waals surface area contributed by atoms with E-state index in [0.29, 0.717) is 35.3 Å². The Morgan fingerprint density at radius 2 is 1.97 bits per heavy atom. The molecule has 8 heteroatoms. The van der Waals surface area contributed by atoms with Gasteiger partial charge in [-0.25, -0.2) is 4.98 Å². The van der Waals surface area contributed by atoms with Crippen molar-refractivity contribution in [2.24, 2.45) is 0 Å². The lowest BCUT2D eigenvalue weighted by atomic mass is 10.1. The lowest BCUT2D eigenvalue weighted by molar-refractivity contribution is -0.111. The molecule has 0 saturated carbocycles. The van der Waals surface area contributed by atoms with Crippen molar-refractivity contribution in [3.63, 3.8) is 0 Å². The Balaban J connectivity index is 1.50. The fraction of sp³-hybridized carbons (Fsp3) is 0.231. The molecule has 0 aliphatic rings. The number of hydrogen-bond acceptors (Lipinski definition) is 7. The predicted molar refractivity (Wildman–Crippen MR) is 134 cm³/mol. The molecule has 0 fully saturated rings. The van der Waals surface area contributed by atoms with Crippen LogP contribution in [0.1, 0.15) is 47.4 Å². The van der Waals surface area contributed by atoms with E-state index in [1.54, 1.807) is 17.4 Å². The second-order valence-electron chi connectivity index (χ2n) is 8.12. The molecule has 0 aliphatic carbocycles. The highest BCUT2D eigenvalue weighted by atomic mass is 32.1. The number of hydrogen-bond donors (Lipinski definition) is 1. The van der Waals surface area contributed by atoms with Gasteiger partial charge in [-0.3, -0.25) is 4.79 Å². The molecule has 0 bridgehead atoms. The number of aryl methyl sites for hydroxylation is 2.